The molecular formula is C6H7NO2. The second kappa shape index (κ2) is 2.44. The summed E-state index contributed by atoms with van der Waals surface area (Å²) in [7, 11) is 0. The lowest BCUT2D eigenvalue weighted by atomic mass is 10.2. The van der Waals surface area contributed by atoms with Crippen molar-refractivity contribution < 1.29 is 9.90 Å². The van der Waals surface area contributed by atoms with Crippen LogP contribution in [0.25, 0.3) is 0 Å². The van der Waals surface area contributed by atoms with Gasteiger partial charge in [0.2, 0.25) is 0 Å². The molecule has 9 heavy (non-hydrogen) atoms. The number of hydrogen-bond acceptors (Lipinski definition) is 2. The Morgan fingerprint density at radius 1 is 1.67 bits per heavy atom. The number of allylic oxidation sites excluding steroid dienone is 1. The molecule has 0 radical (unpaired) electrons. The zero-order chi connectivity index (χ0) is 6.69. The normalized spacial score (nSPS) is 17.1. The van der Waals surface area contributed by atoms with Crippen molar-refractivity contribution in [3.05, 3.63) is 11.8 Å². The van der Waals surface area contributed by atoms with E-state index >= 15 is 0 Å². The summed E-state index contributed by atoms with van der Waals surface area (Å²) >= 11 is 0. The lowest BCUT2D eigenvalue weighted by Gasteiger charge is -1.98. The van der Waals surface area contributed by atoms with Gasteiger partial charge in [-0.05, 0) is 12.8 Å². The first-order chi connectivity index (χ1) is 4.30. The molecule has 0 atom stereocenters. The number of carbonyl (C=O) groups is 1. The summed E-state index contributed by atoms with van der Waals surface area (Å²) in [5.74, 6) is -0.939. The van der Waals surface area contributed by atoms with Crippen LogP contribution in [-0.4, -0.2) is 17.3 Å². The molecular weight excluding hydrogens is 118 g/mol. The van der Waals surface area contributed by atoms with Crippen LogP contribution in [0.1, 0.15) is 12.8 Å². The number of nitrogens with zero attached hydrogens (tertiary/aromatic N) is 1. The summed E-state index contributed by atoms with van der Waals surface area (Å²) in [4.78, 5) is 13.8. The van der Waals surface area contributed by atoms with Crippen LogP contribution in [0.2, 0.25) is 0 Å². The molecule has 3 nitrogen and oxygen atoms in total. The number of carboxylic acid groups (broad SMARTS) is 1. The summed E-state index contributed by atoms with van der Waals surface area (Å²) in [5, 5.41) is 8.36. The first-order valence-electron chi connectivity index (χ1n) is 2.76. The zero-order valence-electron chi connectivity index (χ0n) is 4.87. The third kappa shape index (κ3) is 1.38. The van der Waals surface area contributed by atoms with Crippen molar-refractivity contribution in [3.63, 3.8) is 0 Å². The summed E-state index contributed by atoms with van der Waals surface area (Å²) in [6.07, 6.45) is 4.91. The van der Waals surface area contributed by atoms with Crippen molar-refractivity contribution in [3.8, 4) is 0 Å². The van der Waals surface area contributed by atoms with Gasteiger partial charge in [-0.15, -0.1) is 0 Å². The van der Waals surface area contributed by atoms with Crippen LogP contribution in [0.15, 0.2) is 16.8 Å². The zero-order valence-corrected chi connectivity index (χ0v) is 4.87. The first kappa shape index (κ1) is 6.01. The van der Waals surface area contributed by atoms with Crippen molar-refractivity contribution in [2.45, 2.75) is 12.8 Å². The van der Waals surface area contributed by atoms with Crippen LogP contribution in [-0.2, 0) is 4.79 Å². The Labute approximate surface area is 52.7 Å². The summed E-state index contributed by atoms with van der Waals surface area (Å²) < 4.78 is 0. The van der Waals surface area contributed by atoms with Crippen LogP contribution < -0.4 is 0 Å². The maximum Gasteiger partial charge on any atom is 0.354 e. The Bertz CT molecular complexity index is 181. The highest BCUT2D eigenvalue weighted by atomic mass is 16.4. The van der Waals surface area contributed by atoms with Crippen molar-refractivity contribution in [1.82, 2.24) is 0 Å². The SMILES string of the molecule is O=C(O)C1=CCCC=N1. The lowest BCUT2D eigenvalue weighted by molar-refractivity contribution is -0.132. The van der Waals surface area contributed by atoms with Gasteiger partial charge in [0.1, 0.15) is 5.70 Å². The molecule has 0 aromatic heterocycles. The van der Waals surface area contributed by atoms with Gasteiger partial charge >= 0.3 is 5.97 Å². The molecule has 0 spiro atoms. The highest BCUT2D eigenvalue weighted by Crippen LogP contribution is 2.05. The Hall–Kier alpha value is -1.12. The highest BCUT2D eigenvalue weighted by Gasteiger charge is 2.05. The van der Waals surface area contributed by atoms with Crippen LogP contribution in [0.4, 0.5) is 0 Å². The van der Waals surface area contributed by atoms with E-state index < -0.39 is 5.97 Å². The minimum atomic E-state index is -0.939. The number of aliphatic carboxylic acids is 1. The Morgan fingerprint density at radius 3 is 2.78 bits per heavy atom. The second-order valence-electron chi connectivity index (χ2n) is 1.78. The Morgan fingerprint density at radius 2 is 2.44 bits per heavy atom. The third-order valence-corrected chi connectivity index (χ3v) is 1.08. The van der Waals surface area contributed by atoms with Gasteiger partial charge in [-0.25, -0.2) is 4.79 Å². The van der Waals surface area contributed by atoms with E-state index in [2.05, 4.69) is 4.99 Å². The molecule has 0 aromatic carbocycles. The number of aliphatic imine (C=N–C) groups is 1. The molecule has 1 heterocycles. The van der Waals surface area contributed by atoms with Crippen LogP contribution in [0.5, 0.6) is 0 Å². The van der Waals surface area contributed by atoms with Gasteiger partial charge in [0.05, 0.1) is 0 Å². The largest absolute Gasteiger partial charge is 0.477 e. The fraction of sp³-hybridized carbons (Fsp3) is 0.333. The third-order valence-electron chi connectivity index (χ3n) is 1.08. The topological polar surface area (TPSA) is 49.7 Å². The van der Waals surface area contributed by atoms with E-state index in [-0.39, 0.29) is 5.70 Å². The minimum Gasteiger partial charge on any atom is -0.477 e. The molecule has 0 bridgehead atoms. The maximum atomic E-state index is 10.2. The fourth-order valence-corrected chi connectivity index (χ4v) is 0.653. The van der Waals surface area contributed by atoms with Crippen molar-refractivity contribution in [2.75, 3.05) is 0 Å². The molecule has 0 amide bonds. The molecule has 48 valence electrons. The van der Waals surface area contributed by atoms with Gasteiger partial charge in [-0.3, -0.25) is 4.99 Å². The Balaban J connectivity index is 2.69. The van der Waals surface area contributed by atoms with Crippen molar-refractivity contribution in [1.29, 1.82) is 0 Å². The number of carboxylic acids is 1. The van der Waals surface area contributed by atoms with Crippen molar-refractivity contribution in [2.24, 2.45) is 4.99 Å². The summed E-state index contributed by atoms with van der Waals surface area (Å²) in [6.45, 7) is 0. The van der Waals surface area contributed by atoms with Gasteiger partial charge in [-0.1, -0.05) is 6.08 Å². The van der Waals surface area contributed by atoms with Gasteiger partial charge in [-0.2, -0.15) is 0 Å². The van der Waals surface area contributed by atoms with Gasteiger partial charge in [0.25, 0.3) is 0 Å². The van der Waals surface area contributed by atoms with Crippen LogP contribution >= 0.6 is 0 Å². The van der Waals surface area contributed by atoms with Gasteiger partial charge in [0.15, 0.2) is 0 Å². The molecule has 0 aliphatic carbocycles. The molecule has 0 saturated carbocycles. The second-order valence-corrected chi connectivity index (χ2v) is 1.78. The summed E-state index contributed by atoms with van der Waals surface area (Å²) in [5.41, 5.74) is 0.168. The molecule has 1 rings (SSSR count). The fourth-order valence-electron chi connectivity index (χ4n) is 0.653. The standard InChI is InChI=1S/C6H7NO2/c8-6(9)5-3-1-2-4-7-5/h3-4H,1-2H2,(H,8,9). The molecule has 0 fully saturated rings. The average Bonchev–Trinajstić information content (AvgIpc) is 1.90. The predicted octanol–water partition coefficient (Wildman–Crippen LogP) is 0.820. The van der Waals surface area contributed by atoms with E-state index in [1.54, 1.807) is 12.3 Å². The van der Waals surface area contributed by atoms with Gasteiger partial charge < -0.3 is 5.11 Å². The molecule has 1 N–H and O–H groups in total. The van der Waals surface area contributed by atoms with Crippen molar-refractivity contribution >= 4 is 12.2 Å². The molecule has 0 saturated heterocycles. The first-order valence-corrected chi connectivity index (χ1v) is 2.76. The summed E-state index contributed by atoms with van der Waals surface area (Å²) in [6, 6.07) is 0. The van der Waals surface area contributed by atoms with E-state index in [0.717, 1.165) is 12.8 Å². The van der Waals surface area contributed by atoms with E-state index in [0.29, 0.717) is 0 Å². The van der Waals surface area contributed by atoms with E-state index in [1.165, 1.54) is 0 Å². The molecule has 3 heteroatoms. The van der Waals surface area contributed by atoms with Gasteiger partial charge in [0, 0.05) is 6.21 Å². The molecule has 0 unspecified atom stereocenters. The van der Waals surface area contributed by atoms with Crippen LogP contribution in [0.3, 0.4) is 0 Å². The molecule has 0 aromatic rings. The maximum absolute atomic E-state index is 10.2. The number of rotatable bonds is 1. The van der Waals surface area contributed by atoms with E-state index in [4.69, 9.17) is 5.11 Å². The van der Waals surface area contributed by atoms with E-state index in [9.17, 15) is 4.79 Å². The minimum absolute atomic E-state index is 0.168. The lowest BCUT2D eigenvalue weighted by Crippen LogP contribution is -2.00. The number of hydrogen-bond donors (Lipinski definition) is 1. The van der Waals surface area contributed by atoms with Crippen LogP contribution in [0, 0.1) is 0 Å². The monoisotopic (exact) mass is 125 g/mol. The average molecular weight is 125 g/mol. The molecule has 1 aliphatic rings. The molecule has 1 aliphatic heterocycles. The quantitative estimate of drug-likeness (QED) is 0.564. The van der Waals surface area contributed by atoms with E-state index in [1.807, 2.05) is 0 Å². The smallest absolute Gasteiger partial charge is 0.354 e. The predicted molar refractivity (Wildman–Crippen MR) is 33.4 cm³/mol. The highest BCUT2D eigenvalue weighted by molar-refractivity contribution is 5.88. The Kier molecular flexibility index (Phi) is 1.63.